The molecule has 0 aliphatic heterocycles. The number of rotatable bonds is 4. The third-order valence-electron chi connectivity index (χ3n) is 2.25. The highest BCUT2D eigenvalue weighted by Gasteiger charge is 2.08. The zero-order chi connectivity index (χ0) is 12.3. The first-order chi connectivity index (χ1) is 8.20. The maximum Gasteiger partial charge on any atom is 0.208 e. The summed E-state index contributed by atoms with van der Waals surface area (Å²) in [4.78, 5) is 4.31. The van der Waals surface area contributed by atoms with Crippen molar-refractivity contribution in [3.63, 3.8) is 0 Å². The molecule has 0 amide bonds. The molecule has 0 fully saturated rings. The molecule has 2 rings (SSSR count). The van der Waals surface area contributed by atoms with Gasteiger partial charge in [-0.2, -0.15) is 0 Å². The SMILES string of the molecule is CCc1nc(SCc2c(Cl)cccc2Cl)n[nH]1. The molecule has 0 atom stereocenters. The van der Waals surface area contributed by atoms with Crippen molar-refractivity contribution in [3.8, 4) is 0 Å². The van der Waals surface area contributed by atoms with Gasteiger partial charge in [-0.05, 0) is 17.7 Å². The molecule has 0 saturated heterocycles. The lowest BCUT2D eigenvalue weighted by atomic mass is 10.2. The Hall–Kier alpha value is -0.710. The Kier molecular flexibility index (Phi) is 4.31. The lowest BCUT2D eigenvalue weighted by molar-refractivity contribution is 0.941. The summed E-state index contributed by atoms with van der Waals surface area (Å²) in [7, 11) is 0. The van der Waals surface area contributed by atoms with Crippen molar-refractivity contribution in [1.82, 2.24) is 15.2 Å². The van der Waals surface area contributed by atoms with E-state index in [1.165, 1.54) is 11.8 Å². The first-order valence-electron chi connectivity index (χ1n) is 5.17. The van der Waals surface area contributed by atoms with Gasteiger partial charge >= 0.3 is 0 Å². The van der Waals surface area contributed by atoms with Gasteiger partial charge in [0.15, 0.2) is 0 Å². The first kappa shape index (κ1) is 12.7. The molecule has 1 heterocycles. The third kappa shape index (κ3) is 3.15. The Morgan fingerprint density at radius 3 is 2.59 bits per heavy atom. The zero-order valence-corrected chi connectivity index (χ0v) is 11.5. The highest BCUT2D eigenvalue weighted by Crippen LogP contribution is 2.30. The minimum Gasteiger partial charge on any atom is -0.262 e. The van der Waals surface area contributed by atoms with Gasteiger partial charge in [-0.25, -0.2) is 4.98 Å². The van der Waals surface area contributed by atoms with Crippen LogP contribution in [0.5, 0.6) is 0 Å². The smallest absolute Gasteiger partial charge is 0.208 e. The summed E-state index contributed by atoms with van der Waals surface area (Å²) < 4.78 is 0. The molecule has 0 aliphatic rings. The minimum absolute atomic E-state index is 0.666. The Bertz CT molecular complexity index is 493. The standard InChI is InChI=1S/C11H11Cl2N3S/c1-2-10-14-11(16-15-10)17-6-7-8(12)4-3-5-9(7)13/h3-5H,2,6H2,1H3,(H,14,15,16). The fraction of sp³-hybridized carbons (Fsp3) is 0.273. The first-order valence-corrected chi connectivity index (χ1v) is 6.91. The molecule has 0 unspecified atom stereocenters. The average molecular weight is 288 g/mol. The van der Waals surface area contributed by atoms with Gasteiger partial charge in [-0.1, -0.05) is 48.0 Å². The van der Waals surface area contributed by atoms with Crippen molar-refractivity contribution in [2.24, 2.45) is 0 Å². The summed E-state index contributed by atoms with van der Waals surface area (Å²) in [5.74, 6) is 1.55. The number of aromatic nitrogens is 3. The van der Waals surface area contributed by atoms with Crippen molar-refractivity contribution in [2.45, 2.75) is 24.3 Å². The van der Waals surface area contributed by atoms with Crippen LogP contribution in [0.1, 0.15) is 18.3 Å². The predicted molar refractivity (Wildman–Crippen MR) is 71.8 cm³/mol. The molecule has 0 bridgehead atoms. The van der Waals surface area contributed by atoms with Crippen LogP contribution in [0.15, 0.2) is 23.4 Å². The second-order valence-corrected chi connectivity index (χ2v) is 5.16. The van der Waals surface area contributed by atoms with Crippen LogP contribution in [0.2, 0.25) is 10.0 Å². The van der Waals surface area contributed by atoms with Crippen molar-refractivity contribution in [3.05, 3.63) is 39.6 Å². The number of hydrogen-bond donors (Lipinski definition) is 1. The number of H-pyrrole nitrogens is 1. The number of thioether (sulfide) groups is 1. The molecule has 1 aromatic carbocycles. The van der Waals surface area contributed by atoms with Gasteiger partial charge in [-0.3, -0.25) is 5.10 Å². The van der Waals surface area contributed by atoms with Gasteiger partial charge in [0.2, 0.25) is 5.16 Å². The Morgan fingerprint density at radius 1 is 1.29 bits per heavy atom. The highest BCUT2D eigenvalue weighted by molar-refractivity contribution is 7.98. The van der Waals surface area contributed by atoms with E-state index < -0.39 is 0 Å². The van der Waals surface area contributed by atoms with Crippen LogP contribution in [-0.4, -0.2) is 15.2 Å². The van der Waals surface area contributed by atoms with Gasteiger partial charge in [0.25, 0.3) is 0 Å². The molecule has 6 heteroatoms. The fourth-order valence-electron chi connectivity index (χ4n) is 1.31. The van der Waals surface area contributed by atoms with Crippen molar-refractivity contribution in [1.29, 1.82) is 0 Å². The molecule has 2 aromatic rings. The topological polar surface area (TPSA) is 41.6 Å². The summed E-state index contributed by atoms with van der Waals surface area (Å²) >= 11 is 13.7. The van der Waals surface area contributed by atoms with Crippen LogP contribution < -0.4 is 0 Å². The van der Waals surface area contributed by atoms with Crippen LogP contribution in [0.4, 0.5) is 0 Å². The Labute approximate surface area is 114 Å². The summed E-state index contributed by atoms with van der Waals surface area (Å²) in [6.45, 7) is 2.03. The number of hydrogen-bond acceptors (Lipinski definition) is 3. The summed E-state index contributed by atoms with van der Waals surface area (Å²) in [5, 5.41) is 9.05. The maximum absolute atomic E-state index is 6.08. The Morgan fingerprint density at radius 2 is 2.00 bits per heavy atom. The van der Waals surface area contributed by atoms with Crippen molar-refractivity contribution < 1.29 is 0 Å². The number of aromatic amines is 1. The molecule has 1 aromatic heterocycles. The van der Waals surface area contributed by atoms with Gasteiger partial charge in [0.1, 0.15) is 5.82 Å². The molecular weight excluding hydrogens is 277 g/mol. The van der Waals surface area contributed by atoms with Crippen LogP contribution in [0.25, 0.3) is 0 Å². The predicted octanol–water partition coefficient (Wildman–Crippen LogP) is 3.97. The molecule has 90 valence electrons. The lowest BCUT2D eigenvalue weighted by Crippen LogP contribution is -1.86. The van der Waals surface area contributed by atoms with Gasteiger partial charge in [0.05, 0.1) is 0 Å². The molecule has 0 saturated carbocycles. The van der Waals surface area contributed by atoms with Gasteiger partial charge < -0.3 is 0 Å². The van der Waals surface area contributed by atoms with E-state index in [4.69, 9.17) is 23.2 Å². The molecule has 0 spiro atoms. The van der Waals surface area contributed by atoms with Crippen molar-refractivity contribution >= 4 is 35.0 Å². The monoisotopic (exact) mass is 287 g/mol. The largest absolute Gasteiger partial charge is 0.262 e. The molecule has 1 N–H and O–H groups in total. The van der Waals surface area contributed by atoms with E-state index in [0.717, 1.165) is 23.0 Å². The summed E-state index contributed by atoms with van der Waals surface area (Å²) in [5.41, 5.74) is 0.920. The second kappa shape index (κ2) is 5.76. The lowest BCUT2D eigenvalue weighted by Gasteiger charge is -2.04. The van der Waals surface area contributed by atoms with Gasteiger partial charge in [-0.15, -0.1) is 5.10 Å². The van der Waals surface area contributed by atoms with Crippen LogP contribution in [-0.2, 0) is 12.2 Å². The van der Waals surface area contributed by atoms with E-state index in [1.54, 1.807) is 0 Å². The fourth-order valence-corrected chi connectivity index (χ4v) is 2.87. The second-order valence-electron chi connectivity index (χ2n) is 3.41. The van der Waals surface area contributed by atoms with Crippen LogP contribution in [0.3, 0.4) is 0 Å². The number of aryl methyl sites for hydroxylation is 1. The summed E-state index contributed by atoms with van der Waals surface area (Å²) in [6.07, 6.45) is 0.848. The molecule has 0 radical (unpaired) electrons. The van der Waals surface area contributed by atoms with E-state index in [2.05, 4.69) is 15.2 Å². The van der Waals surface area contributed by atoms with E-state index in [9.17, 15) is 0 Å². The normalized spacial score (nSPS) is 10.8. The molecule has 0 aliphatic carbocycles. The average Bonchev–Trinajstić information content (AvgIpc) is 2.76. The van der Waals surface area contributed by atoms with E-state index in [1.807, 2.05) is 25.1 Å². The highest BCUT2D eigenvalue weighted by atomic mass is 35.5. The van der Waals surface area contributed by atoms with E-state index >= 15 is 0 Å². The quantitative estimate of drug-likeness (QED) is 0.866. The van der Waals surface area contributed by atoms with Crippen LogP contribution in [0, 0.1) is 0 Å². The third-order valence-corrected chi connectivity index (χ3v) is 3.84. The zero-order valence-electron chi connectivity index (χ0n) is 9.20. The Balaban J connectivity index is 2.07. The number of halogens is 2. The molecular formula is C11H11Cl2N3S. The van der Waals surface area contributed by atoms with Crippen molar-refractivity contribution in [2.75, 3.05) is 0 Å². The number of benzene rings is 1. The number of nitrogens with one attached hydrogen (secondary N) is 1. The maximum atomic E-state index is 6.08. The van der Waals surface area contributed by atoms with Crippen LogP contribution >= 0.6 is 35.0 Å². The van der Waals surface area contributed by atoms with E-state index in [0.29, 0.717) is 15.8 Å². The van der Waals surface area contributed by atoms with Gasteiger partial charge in [0, 0.05) is 22.2 Å². The van der Waals surface area contributed by atoms with E-state index in [-0.39, 0.29) is 0 Å². The summed E-state index contributed by atoms with van der Waals surface area (Å²) in [6, 6.07) is 5.50. The number of nitrogens with zero attached hydrogens (tertiary/aromatic N) is 2. The molecule has 3 nitrogen and oxygen atoms in total. The molecule has 17 heavy (non-hydrogen) atoms. The minimum atomic E-state index is 0.666.